The number of amides is 2. The van der Waals surface area contributed by atoms with Crippen molar-refractivity contribution in [3.8, 4) is 0 Å². The van der Waals surface area contributed by atoms with Gasteiger partial charge in [0.05, 0.1) is 12.5 Å². The van der Waals surface area contributed by atoms with Gasteiger partial charge in [-0.25, -0.2) is 0 Å². The Labute approximate surface area is 125 Å². The summed E-state index contributed by atoms with van der Waals surface area (Å²) in [6.07, 6.45) is 3.55. The number of hydrogen-bond acceptors (Lipinski definition) is 4. The zero-order valence-electron chi connectivity index (χ0n) is 13.0. The largest absolute Gasteiger partial charge is 0.461 e. The Morgan fingerprint density at radius 1 is 1.14 bits per heavy atom. The van der Waals surface area contributed by atoms with Crippen LogP contribution in [0.15, 0.2) is 11.1 Å². The van der Waals surface area contributed by atoms with Gasteiger partial charge in [-0.1, -0.05) is 13.8 Å². The van der Waals surface area contributed by atoms with E-state index in [4.69, 9.17) is 4.74 Å². The van der Waals surface area contributed by atoms with Crippen molar-refractivity contribution in [2.24, 2.45) is 5.92 Å². The molecule has 2 rings (SSSR count). The fraction of sp³-hybridized carbons (Fsp3) is 0.688. The SMILES string of the molecule is CCC(C)C(=O)OC(C)CN1C(=O)C2=C(CCCC2)C1=O. The molecule has 0 aromatic heterocycles. The number of carbonyl (C=O) groups excluding carboxylic acids is 3. The van der Waals surface area contributed by atoms with E-state index in [1.54, 1.807) is 6.92 Å². The van der Waals surface area contributed by atoms with Gasteiger partial charge in [0.1, 0.15) is 6.10 Å². The third-order valence-electron chi connectivity index (χ3n) is 4.25. The second kappa shape index (κ2) is 6.41. The molecule has 0 bridgehead atoms. The Hall–Kier alpha value is -1.65. The number of rotatable bonds is 5. The van der Waals surface area contributed by atoms with E-state index >= 15 is 0 Å². The van der Waals surface area contributed by atoms with E-state index in [9.17, 15) is 14.4 Å². The van der Waals surface area contributed by atoms with Crippen LogP contribution in [-0.2, 0) is 19.1 Å². The summed E-state index contributed by atoms with van der Waals surface area (Å²) >= 11 is 0. The van der Waals surface area contributed by atoms with Crippen molar-refractivity contribution < 1.29 is 19.1 Å². The van der Waals surface area contributed by atoms with Crippen molar-refractivity contribution in [3.05, 3.63) is 11.1 Å². The summed E-state index contributed by atoms with van der Waals surface area (Å²) in [6, 6.07) is 0. The molecule has 0 spiro atoms. The van der Waals surface area contributed by atoms with E-state index < -0.39 is 6.10 Å². The first-order chi connectivity index (χ1) is 9.95. The van der Waals surface area contributed by atoms with Gasteiger partial charge < -0.3 is 4.74 Å². The molecule has 1 heterocycles. The number of carbonyl (C=O) groups is 3. The van der Waals surface area contributed by atoms with Gasteiger partial charge in [0.15, 0.2) is 0 Å². The van der Waals surface area contributed by atoms with E-state index in [0.717, 1.165) is 12.8 Å². The maximum atomic E-state index is 12.3. The fourth-order valence-electron chi connectivity index (χ4n) is 2.74. The number of hydrogen-bond donors (Lipinski definition) is 0. The number of ether oxygens (including phenoxy) is 1. The molecule has 2 atom stereocenters. The van der Waals surface area contributed by atoms with Crippen LogP contribution < -0.4 is 0 Å². The van der Waals surface area contributed by atoms with E-state index in [2.05, 4.69) is 0 Å². The zero-order valence-corrected chi connectivity index (χ0v) is 13.0. The van der Waals surface area contributed by atoms with Crippen molar-refractivity contribution in [2.45, 2.75) is 59.0 Å². The van der Waals surface area contributed by atoms with Crippen LogP contribution in [0.4, 0.5) is 0 Å². The Kier molecular flexibility index (Phi) is 4.80. The molecular formula is C16H23NO4. The van der Waals surface area contributed by atoms with E-state index in [1.165, 1.54) is 4.90 Å². The third-order valence-corrected chi connectivity index (χ3v) is 4.25. The Bertz CT molecular complexity index is 467. The molecular weight excluding hydrogens is 270 g/mol. The maximum absolute atomic E-state index is 12.3. The second-order valence-corrected chi connectivity index (χ2v) is 5.94. The predicted molar refractivity (Wildman–Crippen MR) is 77.2 cm³/mol. The smallest absolute Gasteiger partial charge is 0.308 e. The van der Waals surface area contributed by atoms with Crippen LogP contribution in [0, 0.1) is 5.92 Å². The molecule has 21 heavy (non-hydrogen) atoms. The third kappa shape index (κ3) is 3.17. The average molecular weight is 293 g/mol. The summed E-state index contributed by atoms with van der Waals surface area (Å²) in [5.74, 6) is -0.826. The molecule has 0 radical (unpaired) electrons. The molecule has 1 aliphatic carbocycles. The molecule has 5 nitrogen and oxygen atoms in total. The van der Waals surface area contributed by atoms with Crippen LogP contribution in [0.25, 0.3) is 0 Å². The minimum absolute atomic E-state index is 0.146. The van der Waals surface area contributed by atoms with Gasteiger partial charge in [0.25, 0.3) is 11.8 Å². The first-order valence-electron chi connectivity index (χ1n) is 7.74. The lowest BCUT2D eigenvalue weighted by Crippen LogP contribution is -2.39. The van der Waals surface area contributed by atoms with E-state index in [1.807, 2.05) is 13.8 Å². The number of imide groups is 1. The van der Waals surface area contributed by atoms with Crippen LogP contribution in [0.1, 0.15) is 52.9 Å². The topological polar surface area (TPSA) is 63.7 Å². The quantitative estimate of drug-likeness (QED) is 0.576. The normalized spacial score (nSPS) is 21.4. The van der Waals surface area contributed by atoms with Crippen molar-refractivity contribution in [1.82, 2.24) is 4.90 Å². The fourth-order valence-corrected chi connectivity index (χ4v) is 2.74. The summed E-state index contributed by atoms with van der Waals surface area (Å²) in [4.78, 5) is 37.5. The molecule has 0 fully saturated rings. The minimum atomic E-state index is -0.472. The summed E-state index contributed by atoms with van der Waals surface area (Å²) in [7, 11) is 0. The highest BCUT2D eigenvalue weighted by Crippen LogP contribution is 2.33. The van der Waals surface area contributed by atoms with Crippen molar-refractivity contribution in [1.29, 1.82) is 0 Å². The first-order valence-corrected chi connectivity index (χ1v) is 7.74. The van der Waals surface area contributed by atoms with Gasteiger partial charge in [-0.2, -0.15) is 0 Å². The molecule has 116 valence electrons. The Balaban J connectivity index is 1.96. The molecule has 0 saturated heterocycles. The molecule has 0 aromatic rings. The lowest BCUT2D eigenvalue weighted by molar-refractivity contribution is -0.156. The zero-order chi connectivity index (χ0) is 15.6. The maximum Gasteiger partial charge on any atom is 0.308 e. The van der Waals surface area contributed by atoms with Gasteiger partial charge in [0, 0.05) is 11.1 Å². The second-order valence-electron chi connectivity index (χ2n) is 5.94. The first kappa shape index (κ1) is 15.7. The lowest BCUT2D eigenvalue weighted by Gasteiger charge is -2.21. The molecule has 5 heteroatoms. The summed E-state index contributed by atoms with van der Waals surface area (Å²) in [5.41, 5.74) is 1.35. The van der Waals surface area contributed by atoms with E-state index in [-0.39, 0.29) is 30.2 Å². The van der Waals surface area contributed by atoms with Gasteiger partial charge in [-0.05, 0) is 39.0 Å². The van der Waals surface area contributed by atoms with Crippen molar-refractivity contribution in [3.63, 3.8) is 0 Å². The lowest BCUT2D eigenvalue weighted by atomic mass is 9.93. The average Bonchev–Trinajstić information content (AvgIpc) is 2.72. The highest BCUT2D eigenvalue weighted by Gasteiger charge is 2.39. The Morgan fingerprint density at radius 3 is 2.14 bits per heavy atom. The monoisotopic (exact) mass is 293 g/mol. The number of nitrogens with zero attached hydrogens (tertiary/aromatic N) is 1. The number of esters is 1. The standard InChI is InChI=1S/C16H23NO4/c1-4-10(2)16(20)21-11(3)9-17-14(18)12-7-5-6-8-13(12)15(17)19/h10-11H,4-9H2,1-3H3. The molecule has 0 aromatic carbocycles. The van der Waals surface area contributed by atoms with E-state index in [0.29, 0.717) is 30.4 Å². The van der Waals surface area contributed by atoms with Crippen LogP contribution in [0.2, 0.25) is 0 Å². The summed E-state index contributed by atoms with van der Waals surface area (Å²) in [6.45, 7) is 5.59. The molecule has 0 N–H and O–H groups in total. The van der Waals surface area contributed by atoms with Crippen LogP contribution >= 0.6 is 0 Å². The molecule has 2 aliphatic rings. The summed E-state index contributed by atoms with van der Waals surface area (Å²) in [5, 5.41) is 0. The van der Waals surface area contributed by atoms with Crippen LogP contribution in [0.3, 0.4) is 0 Å². The minimum Gasteiger partial charge on any atom is -0.461 e. The molecule has 2 unspecified atom stereocenters. The van der Waals surface area contributed by atoms with Gasteiger partial charge in [-0.3, -0.25) is 19.3 Å². The highest BCUT2D eigenvalue weighted by atomic mass is 16.5. The van der Waals surface area contributed by atoms with Gasteiger partial charge in [0.2, 0.25) is 0 Å². The van der Waals surface area contributed by atoms with Crippen molar-refractivity contribution >= 4 is 17.8 Å². The molecule has 2 amide bonds. The van der Waals surface area contributed by atoms with Gasteiger partial charge >= 0.3 is 5.97 Å². The highest BCUT2D eigenvalue weighted by molar-refractivity contribution is 6.19. The van der Waals surface area contributed by atoms with Gasteiger partial charge in [-0.15, -0.1) is 0 Å². The van der Waals surface area contributed by atoms with Crippen LogP contribution in [0.5, 0.6) is 0 Å². The molecule has 0 saturated carbocycles. The Morgan fingerprint density at radius 2 is 1.67 bits per heavy atom. The van der Waals surface area contributed by atoms with Crippen LogP contribution in [-0.4, -0.2) is 35.3 Å². The molecule has 1 aliphatic heterocycles. The summed E-state index contributed by atoms with van der Waals surface area (Å²) < 4.78 is 5.31. The predicted octanol–water partition coefficient (Wildman–Crippen LogP) is 2.20. The van der Waals surface area contributed by atoms with Crippen molar-refractivity contribution in [2.75, 3.05) is 6.54 Å².